The van der Waals surface area contributed by atoms with Gasteiger partial charge in [0, 0.05) is 24.4 Å². The molecule has 4 heterocycles. The van der Waals surface area contributed by atoms with Crippen molar-refractivity contribution in [1.29, 1.82) is 0 Å². The number of rotatable bonds is 5. The van der Waals surface area contributed by atoms with Crippen molar-refractivity contribution >= 4 is 34.6 Å². The van der Waals surface area contributed by atoms with Crippen LogP contribution < -0.4 is 20.1 Å². The van der Waals surface area contributed by atoms with E-state index in [1.54, 1.807) is 37.4 Å². The smallest absolute Gasteiger partial charge is 0.181 e. The highest BCUT2D eigenvalue weighted by Gasteiger charge is 2.18. The number of imidazole rings is 1. The number of hydrogen-bond donors (Lipinski definition) is 3. The van der Waals surface area contributed by atoms with Gasteiger partial charge in [-0.3, -0.25) is 4.79 Å². The number of carbonyl (C=O) groups excluding carboxylic acids is 1. The van der Waals surface area contributed by atoms with Gasteiger partial charge in [-0.05, 0) is 42.5 Å². The number of ether oxygens (including phenoxy) is 2. The zero-order chi connectivity index (χ0) is 26.5. The SMILES string of the molecule is CNc1ccc(F)c(Nc2ncccc2-c2ncnc3nc[nH]c23)c1F.O=Cc1ccc2c(c1)OCCO2. The van der Waals surface area contributed by atoms with E-state index in [0.717, 1.165) is 6.29 Å². The molecule has 1 aliphatic heterocycles. The van der Waals surface area contributed by atoms with Crippen LogP contribution in [0.5, 0.6) is 11.5 Å². The molecule has 0 radical (unpaired) electrons. The van der Waals surface area contributed by atoms with E-state index in [0.29, 0.717) is 52.7 Å². The van der Waals surface area contributed by atoms with Crippen molar-refractivity contribution in [1.82, 2.24) is 24.9 Å². The van der Waals surface area contributed by atoms with Crippen molar-refractivity contribution < 1.29 is 23.0 Å². The van der Waals surface area contributed by atoms with Gasteiger partial charge in [-0.25, -0.2) is 28.7 Å². The molecule has 6 rings (SSSR count). The molecule has 0 aliphatic carbocycles. The Balaban J connectivity index is 0.000000204. The number of fused-ring (bicyclic) bond motifs is 2. The molecule has 38 heavy (non-hydrogen) atoms. The van der Waals surface area contributed by atoms with Crippen molar-refractivity contribution in [2.75, 3.05) is 30.9 Å². The zero-order valence-corrected chi connectivity index (χ0v) is 20.0. The maximum Gasteiger partial charge on any atom is 0.181 e. The highest BCUT2D eigenvalue weighted by molar-refractivity contribution is 5.91. The third-order valence-corrected chi connectivity index (χ3v) is 5.59. The first kappa shape index (κ1) is 24.6. The molecule has 0 saturated carbocycles. The summed E-state index contributed by atoms with van der Waals surface area (Å²) in [7, 11) is 1.56. The zero-order valence-electron chi connectivity index (χ0n) is 20.0. The van der Waals surface area contributed by atoms with Crippen molar-refractivity contribution in [3.8, 4) is 22.8 Å². The summed E-state index contributed by atoms with van der Waals surface area (Å²) in [6, 6.07) is 11.1. The first-order chi connectivity index (χ1) is 18.6. The summed E-state index contributed by atoms with van der Waals surface area (Å²) in [6.45, 7) is 1.13. The third kappa shape index (κ3) is 4.91. The fraction of sp³-hybridized carbons (Fsp3) is 0.115. The predicted octanol–water partition coefficient (Wildman–Crippen LogP) is 4.75. The maximum absolute atomic E-state index is 14.5. The Bertz CT molecular complexity index is 1610. The molecule has 3 aromatic heterocycles. The summed E-state index contributed by atoms with van der Waals surface area (Å²) < 4.78 is 39.3. The minimum absolute atomic E-state index is 0.171. The van der Waals surface area contributed by atoms with Gasteiger partial charge in [-0.1, -0.05) is 0 Å². The van der Waals surface area contributed by atoms with Crippen LogP contribution in [0.1, 0.15) is 10.4 Å². The molecule has 0 amide bonds. The monoisotopic (exact) mass is 517 g/mol. The van der Waals surface area contributed by atoms with Gasteiger partial charge >= 0.3 is 0 Å². The second-order valence-electron chi connectivity index (χ2n) is 7.90. The minimum atomic E-state index is -0.738. The van der Waals surface area contributed by atoms with Crippen LogP contribution in [0.4, 0.5) is 26.0 Å². The lowest BCUT2D eigenvalue weighted by Gasteiger charge is -2.17. The predicted molar refractivity (Wildman–Crippen MR) is 137 cm³/mol. The number of aromatic nitrogens is 5. The molecule has 0 fully saturated rings. The first-order valence-corrected chi connectivity index (χ1v) is 11.5. The third-order valence-electron chi connectivity index (χ3n) is 5.59. The van der Waals surface area contributed by atoms with E-state index < -0.39 is 11.6 Å². The summed E-state index contributed by atoms with van der Waals surface area (Å²) in [6.07, 6.45) is 5.19. The number of pyridine rings is 1. The lowest BCUT2D eigenvalue weighted by molar-refractivity contribution is 0.112. The average Bonchev–Trinajstić information content (AvgIpc) is 3.45. The number of aldehydes is 1. The Morgan fingerprint density at radius 2 is 1.84 bits per heavy atom. The van der Waals surface area contributed by atoms with Crippen LogP contribution >= 0.6 is 0 Å². The Labute approximate surface area is 215 Å². The van der Waals surface area contributed by atoms with Crippen LogP contribution in [0.15, 0.2) is 61.3 Å². The van der Waals surface area contributed by atoms with Gasteiger partial charge in [0.25, 0.3) is 0 Å². The molecular formula is C26H21F2N7O3. The number of hydrogen-bond acceptors (Lipinski definition) is 9. The van der Waals surface area contributed by atoms with E-state index in [1.807, 2.05) is 0 Å². The lowest BCUT2D eigenvalue weighted by atomic mass is 10.1. The summed E-state index contributed by atoms with van der Waals surface area (Å²) >= 11 is 0. The van der Waals surface area contributed by atoms with Crippen LogP contribution in [-0.2, 0) is 0 Å². The lowest BCUT2D eigenvalue weighted by Crippen LogP contribution is -2.15. The van der Waals surface area contributed by atoms with E-state index in [1.165, 1.54) is 31.0 Å². The molecule has 0 atom stereocenters. The highest BCUT2D eigenvalue weighted by Crippen LogP contribution is 2.33. The molecule has 1 aliphatic rings. The highest BCUT2D eigenvalue weighted by atomic mass is 19.1. The van der Waals surface area contributed by atoms with Crippen LogP contribution in [0.25, 0.3) is 22.4 Å². The quantitative estimate of drug-likeness (QED) is 0.283. The molecule has 12 heteroatoms. The van der Waals surface area contributed by atoms with Gasteiger partial charge < -0.3 is 25.1 Å². The van der Waals surface area contributed by atoms with Gasteiger partial charge in [0.1, 0.15) is 54.4 Å². The van der Waals surface area contributed by atoms with Crippen molar-refractivity contribution in [3.63, 3.8) is 0 Å². The van der Waals surface area contributed by atoms with E-state index in [2.05, 4.69) is 35.6 Å². The molecule has 0 unspecified atom stereocenters. The maximum atomic E-state index is 14.5. The van der Waals surface area contributed by atoms with Gasteiger partial charge in [0.2, 0.25) is 0 Å². The molecule has 0 bridgehead atoms. The van der Waals surface area contributed by atoms with Crippen molar-refractivity contribution in [2.24, 2.45) is 0 Å². The topological polar surface area (TPSA) is 127 Å². The van der Waals surface area contributed by atoms with Gasteiger partial charge in [0.15, 0.2) is 23.0 Å². The van der Waals surface area contributed by atoms with E-state index >= 15 is 0 Å². The number of benzene rings is 2. The standard InChI is InChI=1S/C17H13F2N7.C9H8O3/c1-20-11-5-4-10(18)14(12(11)19)26-16-9(3-2-6-21-16)13-15-17(24-7-22-13)25-8-23-15;10-6-7-1-2-8-9(5-7)12-4-3-11-8/h2-8,20H,1H3,(H,21,26)(H,22,23,24,25);1-2,5-6H,3-4H2. The van der Waals surface area contributed by atoms with Crippen LogP contribution in [0, 0.1) is 11.6 Å². The number of carbonyl (C=O) groups is 1. The molecular weight excluding hydrogens is 496 g/mol. The summed E-state index contributed by atoms with van der Waals surface area (Å²) in [5.41, 5.74) is 2.65. The Morgan fingerprint density at radius 1 is 1.00 bits per heavy atom. The fourth-order valence-electron chi connectivity index (χ4n) is 3.78. The van der Waals surface area contributed by atoms with E-state index in [-0.39, 0.29) is 17.2 Å². The van der Waals surface area contributed by atoms with Crippen LogP contribution in [0.3, 0.4) is 0 Å². The number of H-pyrrole nitrogens is 1. The average molecular weight is 517 g/mol. The molecule has 10 nitrogen and oxygen atoms in total. The number of anilines is 3. The van der Waals surface area contributed by atoms with Crippen molar-refractivity contribution in [2.45, 2.75) is 0 Å². The van der Waals surface area contributed by atoms with E-state index in [4.69, 9.17) is 9.47 Å². The van der Waals surface area contributed by atoms with Gasteiger partial charge in [0.05, 0.1) is 12.0 Å². The van der Waals surface area contributed by atoms with Crippen LogP contribution in [-0.4, -0.2) is 51.5 Å². The van der Waals surface area contributed by atoms with Crippen molar-refractivity contribution in [3.05, 3.63) is 78.5 Å². The second-order valence-corrected chi connectivity index (χ2v) is 7.90. The Hall–Kier alpha value is -5.13. The Kier molecular flexibility index (Phi) is 7.02. The molecule has 2 aromatic carbocycles. The summed E-state index contributed by atoms with van der Waals surface area (Å²) in [5.74, 6) is 0.164. The fourth-order valence-corrected chi connectivity index (χ4v) is 3.78. The largest absolute Gasteiger partial charge is 0.486 e. The normalized spacial score (nSPS) is 11.9. The van der Waals surface area contributed by atoms with Gasteiger partial charge in [-0.2, -0.15) is 0 Å². The molecule has 0 saturated heterocycles. The number of aromatic amines is 1. The van der Waals surface area contributed by atoms with E-state index in [9.17, 15) is 13.6 Å². The molecule has 0 spiro atoms. The molecule has 5 aromatic rings. The Morgan fingerprint density at radius 3 is 2.66 bits per heavy atom. The first-order valence-electron chi connectivity index (χ1n) is 11.5. The number of nitrogens with one attached hydrogen (secondary N) is 3. The summed E-state index contributed by atoms with van der Waals surface area (Å²) in [4.78, 5) is 30.0. The van der Waals surface area contributed by atoms with Crippen LogP contribution in [0.2, 0.25) is 0 Å². The molecule has 3 N–H and O–H groups in total. The number of nitrogens with zero attached hydrogens (tertiary/aromatic N) is 4. The summed E-state index contributed by atoms with van der Waals surface area (Å²) in [5, 5.41) is 5.42. The minimum Gasteiger partial charge on any atom is -0.486 e. The number of halogens is 2. The molecule has 192 valence electrons. The van der Waals surface area contributed by atoms with Gasteiger partial charge in [-0.15, -0.1) is 0 Å². The second kappa shape index (κ2) is 10.9.